The second-order valence-electron chi connectivity index (χ2n) is 2.28. The summed E-state index contributed by atoms with van der Waals surface area (Å²) in [6.07, 6.45) is 6.46. The first-order valence-electron chi connectivity index (χ1n) is 3.55. The Morgan fingerprint density at radius 3 is 3.09 bits per heavy atom. The molecular weight excluding hydrogens is 140 g/mol. The molecule has 0 spiro atoms. The molecule has 4 nitrogen and oxygen atoms in total. The third-order valence-electron chi connectivity index (χ3n) is 1.35. The zero-order valence-electron chi connectivity index (χ0n) is 6.57. The van der Waals surface area contributed by atoms with Crippen LogP contribution < -0.4 is 5.73 Å². The second-order valence-corrected chi connectivity index (χ2v) is 2.28. The third-order valence-corrected chi connectivity index (χ3v) is 1.35. The molecule has 1 rings (SSSR count). The second kappa shape index (κ2) is 3.88. The Balaban J connectivity index is 2.56. The molecule has 0 radical (unpaired) electrons. The van der Waals surface area contributed by atoms with Crippen LogP contribution in [0, 0.1) is 0 Å². The van der Waals surface area contributed by atoms with Crippen LogP contribution in [0.25, 0.3) is 6.08 Å². The third kappa shape index (κ3) is 2.16. The van der Waals surface area contributed by atoms with E-state index in [0.717, 1.165) is 12.2 Å². The van der Waals surface area contributed by atoms with Gasteiger partial charge in [0.1, 0.15) is 6.33 Å². The van der Waals surface area contributed by atoms with E-state index in [2.05, 4.69) is 10.2 Å². The Hall–Kier alpha value is -1.16. The van der Waals surface area contributed by atoms with Gasteiger partial charge in [-0.2, -0.15) is 0 Å². The van der Waals surface area contributed by atoms with Crippen molar-refractivity contribution in [2.75, 3.05) is 6.54 Å². The lowest BCUT2D eigenvalue weighted by Crippen LogP contribution is -1.95. The fourth-order valence-corrected chi connectivity index (χ4v) is 0.728. The van der Waals surface area contributed by atoms with Gasteiger partial charge in [-0.3, -0.25) is 0 Å². The zero-order valence-corrected chi connectivity index (χ0v) is 6.57. The highest BCUT2D eigenvalue weighted by molar-refractivity contribution is 5.39. The number of aryl methyl sites for hydroxylation is 1. The van der Waals surface area contributed by atoms with Gasteiger partial charge in [-0.15, -0.1) is 10.2 Å². The molecule has 0 aliphatic rings. The Bertz CT molecular complexity index is 238. The maximum atomic E-state index is 5.31. The van der Waals surface area contributed by atoms with Gasteiger partial charge in [-0.1, -0.05) is 6.08 Å². The number of hydrogen-bond acceptors (Lipinski definition) is 3. The van der Waals surface area contributed by atoms with Gasteiger partial charge in [0.2, 0.25) is 0 Å². The Labute approximate surface area is 65.7 Å². The van der Waals surface area contributed by atoms with Crippen LogP contribution in [0.4, 0.5) is 0 Å². The number of aromatic nitrogens is 3. The van der Waals surface area contributed by atoms with E-state index < -0.39 is 0 Å². The lowest BCUT2D eigenvalue weighted by Gasteiger charge is -1.90. The van der Waals surface area contributed by atoms with Crippen molar-refractivity contribution in [2.24, 2.45) is 12.8 Å². The highest BCUT2D eigenvalue weighted by Gasteiger charge is 1.91. The van der Waals surface area contributed by atoms with Crippen LogP contribution in [-0.4, -0.2) is 21.3 Å². The van der Waals surface area contributed by atoms with Gasteiger partial charge in [-0.05, 0) is 19.0 Å². The first-order chi connectivity index (χ1) is 5.34. The van der Waals surface area contributed by atoms with Crippen molar-refractivity contribution in [1.29, 1.82) is 0 Å². The van der Waals surface area contributed by atoms with E-state index in [4.69, 9.17) is 5.73 Å². The van der Waals surface area contributed by atoms with Crippen LogP contribution in [0.1, 0.15) is 12.2 Å². The summed E-state index contributed by atoms with van der Waals surface area (Å²) in [4.78, 5) is 0. The maximum absolute atomic E-state index is 5.31. The molecular formula is C7H12N4. The average Bonchev–Trinajstić information content (AvgIpc) is 2.37. The van der Waals surface area contributed by atoms with Crippen molar-refractivity contribution in [3.63, 3.8) is 0 Å². The van der Waals surface area contributed by atoms with Crippen LogP contribution in [0.5, 0.6) is 0 Å². The van der Waals surface area contributed by atoms with Gasteiger partial charge in [-0.25, -0.2) is 0 Å². The predicted octanol–water partition coefficient (Wildman–Crippen LogP) is 0.177. The quantitative estimate of drug-likeness (QED) is 0.672. The van der Waals surface area contributed by atoms with Crippen molar-refractivity contribution in [1.82, 2.24) is 14.8 Å². The summed E-state index contributed by atoms with van der Waals surface area (Å²) >= 11 is 0. The van der Waals surface area contributed by atoms with Crippen molar-refractivity contribution < 1.29 is 0 Å². The van der Waals surface area contributed by atoms with E-state index in [1.54, 1.807) is 6.33 Å². The summed E-state index contributed by atoms with van der Waals surface area (Å²) in [6, 6.07) is 0. The summed E-state index contributed by atoms with van der Waals surface area (Å²) in [6.45, 7) is 0.675. The lowest BCUT2D eigenvalue weighted by atomic mass is 10.4. The van der Waals surface area contributed by atoms with Gasteiger partial charge >= 0.3 is 0 Å². The largest absolute Gasteiger partial charge is 0.330 e. The lowest BCUT2D eigenvalue weighted by molar-refractivity contribution is 0.894. The van der Waals surface area contributed by atoms with Crippen LogP contribution >= 0.6 is 0 Å². The normalized spacial score (nSPS) is 11.1. The average molecular weight is 152 g/mol. The fourth-order valence-electron chi connectivity index (χ4n) is 0.728. The SMILES string of the molecule is Cn1cnnc1/C=C/CCN. The van der Waals surface area contributed by atoms with Crippen LogP contribution in [0.15, 0.2) is 12.4 Å². The van der Waals surface area contributed by atoms with Gasteiger partial charge in [0.05, 0.1) is 0 Å². The topological polar surface area (TPSA) is 56.7 Å². The van der Waals surface area contributed by atoms with E-state index in [1.165, 1.54) is 0 Å². The first kappa shape index (κ1) is 7.94. The smallest absolute Gasteiger partial charge is 0.155 e. The summed E-state index contributed by atoms with van der Waals surface area (Å²) in [5.74, 6) is 0.860. The highest BCUT2D eigenvalue weighted by atomic mass is 15.2. The molecule has 4 heteroatoms. The van der Waals surface area contributed by atoms with E-state index in [-0.39, 0.29) is 0 Å². The summed E-state index contributed by atoms with van der Waals surface area (Å²) in [7, 11) is 1.90. The van der Waals surface area contributed by atoms with Gasteiger partial charge in [0.15, 0.2) is 5.82 Å². The molecule has 0 amide bonds. The van der Waals surface area contributed by atoms with E-state index >= 15 is 0 Å². The molecule has 0 atom stereocenters. The minimum absolute atomic E-state index is 0.675. The highest BCUT2D eigenvalue weighted by Crippen LogP contribution is 1.94. The number of rotatable bonds is 3. The Morgan fingerprint density at radius 1 is 1.73 bits per heavy atom. The molecule has 0 aliphatic carbocycles. The minimum Gasteiger partial charge on any atom is -0.330 e. The van der Waals surface area contributed by atoms with Crippen molar-refractivity contribution in [3.8, 4) is 0 Å². The van der Waals surface area contributed by atoms with E-state index in [9.17, 15) is 0 Å². The monoisotopic (exact) mass is 152 g/mol. The van der Waals surface area contributed by atoms with Gasteiger partial charge < -0.3 is 10.3 Å². The molecule has 1 aromatic heterocycles. The number of hydrogen-bond donors (Lipinski definition) is 1. The summed E-state index contributed by atoms with van der Waals surface area (Å²) in [5.41, 5.74) is 5.31. The van der Waals surface area contributed by atoms with E-state index in [1.807, 2.05) is 23.8 Å². The maximum Gasteiger partial charge on any atom is 0.155 e. The predicted molar refractivity (Wildman–Crippen MR) is 43.7 cm³/mol. The molecule has 0 unspecified atom stereocenters. The molecule has 60 valence electrons. The molecule has 0 saturated carbocycles. The van der Waals surface area contributed by atoms with Crippen molar-refractivity contribution in [2.45, 2.75) is 6.42 Å². The van der Waals surface area contributed by atoms with Gasteiger partial charge in [0, 0.05) is 7.05 Å². The molecule has 0 aliphatic heterocycles. The first-order valence-corrected chi connectivity index (χ1v) is 3.55. The molecule has 0 saturated heterocycles. The molecule has 1 heterocycles. The standard InChI is InChI=1S/C7H12N4/c1-11-6-9-10-7(11)4-2-3-5-8/h2,4,6H,3,5,8H2,1H3/b4-2+. The van der Waals surface area contributed by atoms with Crippen molar-refractivity contribution >= 4 is 6.08 Å². The van der Waals surface area contributed by atoms with Crippen LogP contribution in [0.2, 0.25) is 0 Å². The minimum atomic E-state index is 0.675. The molecule has 1 aromatic rings. The summed E-state index contributed by atoms with van der Waals surface area (Å²) in [5, 5.41) is 7.60. The summed E-state index contributed by atoms with van der Waals surface area (Å²) < 4.78 is 1.85. The Kier molecular flexibility index (Phi) is 2.80. The fraction of sp³-hybridized carbons (Fsp3) is 0.429. The van der Waals surface area contributed by atoms with Crippen molar-refractivity contribution in [3.05, 3.63) is 18.2 Å². The van der Waals surface area contributed by atoms with E-state index in [0.29, 0.717) is 6.54 Å². The molecule has 0 bridgehead atoms. The van der Waals surface area contributed by atoms with Crippen LogP contribution in [0.3, 0.4) is 0 Å². The molecule has 0 aromatic carbocycles. The van der Waals surface area contributed by atoms with Crippen LogP contribution in [-0.2, 0) is 7.05 Å². The number of nitrogens with zero attached hydrogens (tertiary/aromatic N) is 3. The van der Waals surface area contributed by atoms with Gasteiger partial charge in [0.25, 0.3) is 0 Å². The molecule has 11 heavy (non-hydrogen) atoms. The molecule has 0 fully saturated rings. The zero-order chi connectivity index (χ0) is 8.10. The molecule has 2 N–H and O–H groups in total. The number of nitrogens with two attached hydrogens (primary N) is 1. The Morgan fingerprint density at radius 2 is 2.55 bits per heavy atom.